The number of carbonyl (C=O) groups is 3. The Labute approximate surface area is 222 Å². The van der Waals surface area contributed by atoms with E-state index in [-0.39, 0.29) is 38.0 Å². The van der Waals surface area contributed by atoms with Crippen molar-refractivity contribution in [2.45, 2.75) is 73.2 Å². The van der Waals surface area contributed by atoms with Crippen molar-refractivity contribution in [2.24, 2.45) is 11.8 Å². The van der Waals surface area contributed by atoms with Crippen molar-refractivity contribution < 1.29 is 24.4 Å². The molecule has 0 heterocycles. The molecule has 0 aromatic heterocycles. The summed E-state index contributed by atoms with van der Waals surface area (Å²) >= 11 is 0. The molecule has 7 nitrogen and oxygen atoms in total. The maximum absolute atomic E-state index is 13.1. The van der Waals surface area contributed by atoms with E-state index in [9.17, 15) is 24.4 Å². The van der Waals surface area contributed by atoms with Crippen LogP contribution in [0.25, 0.3) is 0 Å². The summed E-state index contributed by atoms with van der Waals surface area (Å²) in [7, 11) is -1.73. The fourth-order valence-electron chi connectivity index (χ4n) is 3.92. The lowest BCUT2D eigenvalue weighted by molar-refractivity contribution is -0.125. The van der Waals surface area contributed by atoms with Crippen molar-refractivity contribution in [3.05, 3.63) is 70.8 Å². The molecule has 8 heteroatoms. The van der Waals surface area contributed by atoms with Gasteiger partial charge >= 0.3 is 7.12 Å². The summed E-state index contributed by atoms with van der Waals surface area (Å²) in [5.41, 5.74) is 3.13. The van der Waals surface area contributed by atoms with E-state index in [0.717, 1.165) is 30.4 Å². The van der Waals surface area contributed by atoms with Crippen molar-refractivity contribution in [1.29, 1.82) is 0 Å². The van der Waals surface area contributed by atoms with Gasteiger partial charge in [0.15, 0.2) is 5.78 Å². The van der Waals surface area contributed by atoms with Gasteiger partial charge in [-0.2, -0.15) is 0 Å². The Morgan fingerprint density at radius 1 is 0.946 bits per heavy atom. The summed E-state index contributed by atoms with van der Waals surface area (Å²) in [4.78, 5) is 38.8. The molecular weight excluding hydrogens is 467 g/mol. The van der Waals surface area contributed by atoms with Crippen molar-refractivity contribution in [3.63, 3.8) is 0 Å². The number of unbranched alkanes of at least 4 members (excludes halogenated alkanes) is 1. The molecule has 2 rings (SSSR count). The van der Waals surface area contributed by atoms with Gasteiger partial charge in [-0.25, -0.2) is 0 Å². The van der Waals surface area contributed by atoms with E-state index in [0.29, 0.717) is 17.5 Å². The molecule has 37 heavy (non-hydrogen) atoms. The van der Waals surface area contributed by atoms with Gasteiger partial charge in [0.25, 0.3) is 5.91 Å². The maximum Gasteiger partial charge on any atom is 0.475 e. The van der Waals surface area contributed by atoms with Crippen molar-refractivity contribution in [2.75, 3.05) is 6.54 Å². The van der Waals surface area contributed by atoms with E-state index in [2.05, 4.69) is 17.6 Å². The third-order valence-electron chi connectivity index (χ3n) is 6.13. The number of ketones is 1. The third kappa shape index (κ3) is 10.9. The first kappa shape index (κ1) is 32.1. The summed E-state index contributed by atoms with van der Waals surface area (Å²) in [6.07, 6.45) is 3.35. The van der Waals surface area contributed by atoms with E-state index in [4.69, 9.17) is 0 Å². The molecule has 0 spiro atoms. The minimum Gasteiger partial charge on any atom is -0.426 e. The summed E-state index contributed by atoms with van der Waals surface area (Å²) in [5.74, 6) is -2.70. The lowest BCUT2D eigenvalue weighted by Gasteiger charge is -2.23. The molecular formula is C29H43BN2O5. The highest BCUT2D eigenvalue weighted by Crippen LogP contribution is 2.15. The summed E-state index contributed by atoms with van der Waals surface area (Å²) in [6.45, 7) is 7.81. The Hall–Kier alpha value is -2.97. The van der Waals surface area contributed by atoms with Crippen LogP contribution in [0, 0.1) is 18.8 Å². The molecule has 0 radical (unpaired) electrons. The minimum atomic E-state index is -1.73. The van der Waals surface area contributed by atoms with Crippen LogP contribution in [-0.2, 0) is 11.2 Å². The summed E-state index contributed by atoms with van der Waals surface area (Å²) in [5, 5.41) is 24.9. The van der Waals surface area contributed by atoms with Crippen molar-refractivity contribution >= 4 is 24.7 Å². The van der Waals surface area contributed by atoms with E-state index < -0.39 is 24.9 Å². The molecule has 0 unspecified atom stereocenters. The Kier molecular flexibility index (Phi) is 13.9. The quantitative estimate of drug-likeness (QED) is 0.225. The van der Waals surface area contributed by atoms with E-state index in [1.165, 1.54) is 0 Å². The lowest BCUT2D eigenvalue weighted by Crippen LogP contribution is -2.50. The fraction of sp³-hybridized carbons (Fsp3) is 0.483. The molecule has 4 N–H and O–H groups in total. The molecule has 0 aliphatic carbocycles. The van der Waals surface area contributed by atoms with Crippen LogP contribution in [0.2, 0.25) is 0 Å². The number of carbonyl (C=O) groups excluding carboxylic acids is 3. The van der Waals surface area contributed by atoms with Crippen molar-refractivity contribution in [1.82, 2.24) is 10.6 Å². The highest BCUT2D eigenvalue weighted by Gasteiger charge is 2.30. The fourth-order valence-corrected chi connectivity index (χ4v) is 3.92. The predicted octanol–water partition coefficient (Wildman–Crippen LogP) is 4.14. The summed E-state index contributed by atoms with van der Waals surface area (Å²) < 4.78 is 0. The highest BCUT2D eigenvalue weighted by molar-refractivity contribution is 6.43. The van der Waals surface area contributed by atoms with Gasteiger partial charge in [0.2, 0.25) is 5.91 Å². The maximum atomic E-state index is 13.1. The second-order valence-electron chi connectivity index (χ2n) is 9.86. The van der Waals surface area contributed by atoms with Gasteiger partial charge < -0.3 is 20.7 Å². The number of hydrogen-bond acceptors (Lipinski definition) is 5. The third-order valence-corrected chi connectivity index (χ3v) is 6.13. The van der Waals surface area contributed by atoms with Crippen LogP contribution in [0.15, 0.2) is 48.5 Å². The van der Waals surface area contributed by atoms with Crippen LogP contribution in [-0.4, -0.2) is 47.2 Å². The molecule has 0 saturated carbocycles. The first-order chi connectivity index (χ1) is 17.1. The van der Waals surface area contributed by atoms with Crippen molar-refractivity contribution in [3.8, 4) is 0 Å². The van der Waals surface area contributed by atoms with Crippen LogP contribution >= 0.6 is 0 Å². The summed E-state index contributed by atoms with van der Waals surface area (Å²) in [6, 6.07) is 14.4. The number of Topliss-reactive ketones (excluding diaryl/α,β-unsaturated/α-hetero) is 1. The zero-order valence-electron chi connectivity index (χ0n) is 21.8. The van der Waals surface area contributed by atoms with Crippen LogP contribution in [0.5, 0.6) is 0 Å². The number of hydrogen-bond donors (Lipinski definition) is 4. The molecule has 0 aliphatic rings. The average Bonchev–Trinajstić information content (AvgIpc) is 2.84. The van der Waals surface area contributed by atoms with Crippen LogP contribution in [0.3, 0.4) is 0 Å². The Morgan fingerprint density at radius 2 is 1.54 bits per heavy atom. The molecule has 202 valence electrons. The first-order valence-corrected chi connectivity index (χ1v) is 12.7. The standard InChI is InChI=1S/C28H39BN2O5.CH4/c1-5-6-7-21-10-14-22(15-11-21)25(32)17-24(28(34)31-26(29(35)36)16-19(2)3)18-30-27(33)23-12-8-20(4)9-13-23;/h8-15,19,24,26,35-36H,5-7,16-18H2,1-4H3,(H,30,33)(H,31,34);1H4/t24-,26-;/m0./s1. The minimum absolute atomic E-state index is 0. The Morgan fingerprint density at radius 3 is 2.08 bits per heavy atom. The number of benzene rings is 2. The van der Waals surface area contributed by atoms with Gasteiger partial charge in [-0.05, 0) is 49.8 Å². The van der Waals surface area contributed by atoms with Gasteiger partial charge in [-0.3, -0.25) is 14.4 Å². The van der Waals surface area contributed by atoms with Gasteiger partial charge in [0.05, 0.1) is 11.9 Å². The van der Waals surface area contributed by atoms with E-state index >= 15 is 0 Å². The second-order valence-corrected chi connectivity index (χ2v) is 9.86. The van der Waals surface area contributed by atoms with E-state index in [1.54, 1.807) is 24.3 Å². The van der Waals surface area contributed by atoms with Crippen LogP contribution in [0.1, 0.15) is 85.7 Å². The Balaban J connectivity index is 0.00000684. The topological polar surface area (TPSA) is 116 Å². The van der Waals surface area contributed by atoms with Crippen LogP contribution < -0.4 is 10.6 Å². The molecule has 2 aromatic carbocycles. The second kappa shape index (κ2) is 16.0. The molecule has 2 atom stereocenters. The largest absolute Gasteiger partial charge is 0.475 e. The predicted molar refractivity (Wildman–Crippen MR) is 149 cm³/mol. The SMILES string of the molecule is C.CCCCc1ccc(C(=O)C[C@@H](CNC(=O)c2ccc(C)cc2)C(=O)N[C@@H](CC(C)C)B(O)O)cc1. The van der Waals surface area contributed by atoms with Crippen LogP contribution in [0.4, 0.5) is 0 Å². The monoisotopic (exact) mass is 510 g/mol. The smallest absolute Gasteiger partial charge is 0.426 e. The average molecular weight is 510 g/mol. The molecule has 2 amide bonds. The number of nitrogens with one attached hydrogen (secondary N) is 2. The lowest BCUT2D eigenvalue weighted by atomic mass is 9.74. The van der Waals surface area contributed by atoms with Gasteiger partial charge in [-0.15, -0.1) is 0 Å². The first-order valence-electron chi connectivity index (χ1n) is 12.7. The van der Waals surface area contributed by atoms with E-state index in [1.807, 2.05) is 45.0 Å². The zero-order valence-corrected chi connectivity index (χ0v) is 21.8. The number of amides is 2. The number of aryl methyl sites for hydroxylation is 2. The molecule has 2 aromatic rings. The normalized spacial score (nSPS) is 12.3. The molecule has 0 aliphatic heterocycles. The molecule has 0 saturated heterocycles. The Bertz CT molecular complexity index is 990. The number of rotatable bonds is 14. The zero-order chi connectivity index (χ0) is 26.7. The van der Waals surface area contributed by atoms with Gasteiger partial charge in [0.1, 0.15) is 0 Å². The van der Waals surface area contributed by atoms with Gasteiger partial charge in [-0.1, -0.05) is 76.6 Å². The van der Waals surface area contributed by atoms with Gasteiger partial charge in [0, 0.05) is 24.1 Å². The molecule has 0 bridgehead atoms. The highest BCUT2D eigenvalue weighted by atomic mass is 16.4. The molecule has 0 fully saturated rings.